The number of halogens is 1. The van der Waals surface area contributed by atoms with Crippen molar-refractivity contribution in [1.29, 1.82) is 0 Å². The Morgan fingerprint density at radius 3 is 2.08 bits per heavy atom. The summed E-state index contributed by atoms with van der Waals surface area (Å²) in [6, 6.07) is 0. The summed E-state index contributed by atoms with van der Waals surface area (Å²) in [5.74, 6) is 4.63. The monoisotopic (exact) mass is 204 g/mol. The van der Waals surface area contributed by atoms with Crippen molar-refractivity contribution >= 4 is 6.09 Å². The highest BCUT2D eigenvalue weighted by Crippen LogP contribution is 1.69. The smallest absolute Gasteiger partial charge is 0.421 e. The summed E-state index contributed by atoms with van der Waals surface area (Å²) in [4.78, 5) is 9.95. The van der Waals surface area contributed by atoms with Gasteiger partial charge in [-0.05, 0) is 6.92 Å². The minimum atomic E-state index is -4.69. The van der Waals surface area contributed by atoms with Gasteiger partial charge in [-0.15, -0.1) is 0 Å². The Bertz CT molecular complexity index is 118. The summed E-state index contributed by atoms with van der Waals surface area (Å²) in [7, 11) is -4.69. The predicted molar refractivity (Wildman–Crippen MR) is 26.6 cm³/mol. The molecular weight excluding hydrogens is 195 g/mol. The van der Waals surface area contributed by atoms with Crippen molar-refractivity contribution in [2.24, 2.45) is 5.84 Å². The first kappa shape index (κ1) is 13.9. The largest absolute Gasteiger partial charge is 0.449 e. The van der Waals surface area contributed by atoms with E-state index in [1.165, 1.54) is 0 Å². The van der Waals surface area contributed by atoms with E-state index >= 15 is 0 Å². The van der Waals surface area contributed by atoms with Crippen LogP contribution in [0.1, 0.15) is 6.92 Å². The van der Waals surface area contributed by atoms with Crippen LogP contribution in [0.15, 0.2) is 0 Å². The average Bonchev–Trinajstić information content (AvgIpc) is 1.85. The molecule has 0 unspecified atom stereocenters. The van der Waals surface area contributed by atoms with Gasteiger partial charge in [0.1, 0.15) is 0 Å². The zero-order valence-electron chi connectivity index (χ0n) is 6.15. The van der Waals surface area contributed by atoms with Crippen LogP contribution in [0.4, 0.5) is 4.79 Å². The number of hydrazine groups is 1. The molecule has 74 valence electrons. The first-order valence-corrected chi connectivity index (χ1v) is 3.84. The Hall–Kier alpha value is -0.640. The highest BCUT2D eigenvalue weighted by atomic mass is 35.7. The molecule has 12 heavy (non-hydrogen) atoms. The molecule has 0 aromatic heterocycles. The second-order valence-corrected chi connectivity index (χ2v) is 2.05. The number of ether oxygens (including phenoxy) is 1. The number of nitrogens with one attached hydrogen (secondary N) is 1. The van der Waals surface area contributed by atoms with Crippen molar-refractivity contribution in [2.45, 2.75) is 6.92 Å². The molecule has 4 N–H and O–H groups in total. The van der Waals surface area contributed by atoms with Gasteiger partial charge in [-0.25, -0.2) is 10.6 Å². The standard InChI is InChI=1S/C3H8N2O2.ClHO4/c1-2-7-3(6)5-4;2-1(3,4)5/h2,4H2,1H3,(H,5,6);(H,2,3,4,5). The first-order valence-electron chi connectivity index (χ1n) is 2.57. The third-order valence-corrected chi connectivity index (χ3v) is 0.393. The van der Waals surface area contributed by atoms with Gasteiger partial charge in [0.25, 0.3) is 0 Å². The van der Waals surface area contributed by atoms with Crippen LogP contribution in [0.25, 0.3) is 0 Å². The van der Waals surface area contributed by atoms with E-state index < -0.39 is 16.3 Å². The molecule has 0 aliphatic rings. The van der Waals surface area contributed by atoms with Crippen molar-refractivity contribution < 1.29 is 38.4 Å². The SMILES string of the molecule is CCOC(=O)NN.[O-][Cl+3]([O-])([O-])O. The van der Waals surface area contributed by atoms with E-state index in [4.69, 9.17) is 18.6 Å². The van der Waals surface area contributed by atoms with E-state index in [0.717, 1.165) is 0 Å². The van der Waals surface area contributed by atoms with Gasteiger partial charge in [-0.1, -0.05) is 0 Å². The number of nitrogens with two attached hydrogens (primary N) is 1. The molecule has 0 spiro atoms. The lowest BCUT2D eigenvalue weighted by Crippen LogP contribution is -2.58. The zero-order chi connectivity index (χ0) is 10.2. The molecule has 0 aromatic rings. The molecule has 8 nitrogen and oxygen atoms in total. The Morgan fingerprint density at radius 1 is 1.67 bits per heavy atom. The van der Waals surface area contributed by atoms with Crippen molar-refractivity contribution in [3.8, 4) is 0 Å². The van der Waals surface area contributed by atoms with E-state index in [9.17, 15) is 4.79 Å². The topological polar surface area (TPSA) is 154 Å². The van der Waals surface area contributed by atoms with Gasteiger partial charge in [0, 0.05) is 0 Å². The van der Waals surface area contributed by atoms with E-state index in [2.05, 4.69) is 10.6 Å². The quantitative estimate of drug-likeness (QED) is 0.221. The highest BCUT2D eigenvalue weighted by molar-refractivity contribution is 5.66. The number of hydrogen-bond acceptors (Lipinski definition) is 7. The van der Waals surface area contributed by atoms with Gasteiger partial charge < -0.3 is 4.74 Å². The van der Waals surface area contributed by atoms with Crippen molar-refractivity contribution in [1.82, 2.24) is 5.43 Å². The molecule has 0 radical (unpaired) electrons. The molecule has 0 aliphatic heterocycles. The highest BCUT2D eigenvalue weighted by Gasteiger charge is 1.98. The molecule has 0 saturated carbocycles. The fraction of sp³-hybridized carbons (Fsp3) is 0.667. The van der Waals surface area contributed by atoms with Gasteiger partial charge in [0.05, 0.1) is 21.5 Å². The number of rotatable bonds is 1. The number of amides is 1. The summed E-state index contributed by atoms with van der Waals surface area (Å²) in [5.41, 5.74) is 1.80. The van der Waals surface area contributed by atoms with E-state index in [-0.39, 0.29) is 0 Å². The predicted octanol–water partition coefficient (Wildman–Crippen LogP) is -4.52. The lowest BCUT2D eigenvalue weighted by Gasteiger charge is -2.03. The molecule has 0 aromatic carbocycles. The Morgan fingerprint density at radius 2 is 2.00 bits per heavy atom. The number of carbonyl (C=O) groups excluding carboxylic acids is 1. The molecule has 0 rings (SSSR count). The molecule has 0 aliphatic carbocycles. The van der Waals surface area contributed by atoms with Crippen LogP contribution in [0.2, 0.25) is 0 Å². The number of hydrogen-bond donors (Lipinski definition) is 3. The third kappa shape index (κ3) is 34.4. The van der Waals surface area contributed by atoms with Crippen molar-refractivity contribution in [3.63, 3.8) is 0 Å². The van der Waals surface area contributed by atoms with E-state index in [1.807, 2.05) is 0 Å². The van der Waals surface area contributed by atoms with Crippen LogP contribution in [-0.2, 0) is 4.74 Å². The van der Waals surface area contributed by atoms with Crippen LogP contribution in [0, 0.1) is 10.2 Å². The molecule has 9 heteroatoms. The number of carbonyl (C=O) groups is 1. The van der Waals surface area contributed by atoms with Gasteiger partial charge in [-0.3, -0.25) is 5.43 Å². The van der Waals surface area contributed by atoms with Gasteiger partial charge in [-0.2, -0.15) is 14.0 Å². The second-order valence-electron chi connectivity index (χ2n) is 1.26. The molecule has 0 heterocycles. The van der Waals surface area contributed by atoms with Crippen LogP contribution in [0.3, 0.4) is 0 Å². The fourth-order valence-electron chi connectivity index (χ4n) is 0.173. The van der Waals surface area contributed by atoms with E-state index in [1.54, 1.807) is 12.3 Å². The lowest BCUT2D eigenvalue weighted by atomic mass is 10.9. The maximum atomic E-state index is 9.95. The summed E-state index contributed by atoms with van der Waals surface area (Å²) in [5, 5.41) is 0. The van der Waals surface area contributed by atoms with Crippen LogP contribution in [-0.4, -0.2) is 17.4 Å². The maximum absolute atomic E-state index is 9.95. The average molecular weight is 205 g/mol. The minimum absolute atomic E-state index is 0.350. The molecule has 0 saturated heterocycles. The first-order chi connectivity index (χ1) is 5.31. The Balaban J connectivity index is 0. The lowest BCUT2D eigenvalue weighted by molar-refractivity contribution is -1.92. The van der Waals surface area contributed by atoms with Crippen LogP contribution >= 0.6 is 0 Å². The second kappa shape index (κ2) is 7.03. The summed E-state index contributed by atoms with van der Waals surface area (Å²) >= 11 is 0. The fourth-order valence-corrected chi connectivity index (χ4v) is 0.173. The van der Waals surface area contributed by atoms with Crippen LogP contribution < -0.4 is 25.2 Å². The van der Waals surface area contributed by atoms with Crippen molar-refractivity contribution in [3.05, 3.63) is 0 Å². The van der Waals surface area contributed by atoms with Crippen LogP contribution in [0.5, 0.6) is 0 Å². The molecule has 0 atom stereocenters. The summed E-state index contributed by atoms with van der Waals surface area (Å²) in [6.45, 7) is 2.05. The van der Waals surface area contributed by atoms with Gasteiger partial charge in [0.2, 0.25) is 0 Å². The normalized spacial score (nSPS) is 9.50. The third-order valence-electron chi connectivity index (χ3n) is 0.393. The zero-order valence-corrected chi connectivity index (χ0v) is 6.91. The summed E-state index contributed by atoms with van der Waals surface area (Å²) < 4.78 is 37.0. The molecule has 0 bridgehead atoms. The minimum Gasteiger partial charge on any atom is -0.449 e. The van der Waals surface area contributed by atoms with E-state index in [0.29, 0.717) is 6.61 Å². The Labute approximate surface area is 70.2 Å². The molecule has 0 fully saturated rings. The Kier molecular flexibility index (Phi) is 8.16. The summed E-state index contributed by atoms with van der Waals surface area (Å²) in [6.07, 6.45) is -0.595. The molecule has 1 amide bonds. The van der Waals surface area contributed by atoms with Crippen molar-refractivity contribution in [2.75, 3.05) is 6.61 Å². The maximum Gasteiger partial charge on any atom is 0.421 e. The van der Waals surface area contributed by atoms with Gasteiger partial charge >= 0.3 is 6.09 Å². The van der Waals surface area contributed by atoms with Gasteiger partial charge in [0.15, 0.2) is 0 Å². The molecular formula is C3H9ClN2O6.